The average molecular weight is 461 g/mol. The molecule has 0 bridgehead atoms. The van der Waals surface area contributed by atoms with E-state index in [-0.39, 0.29) is 6.61 Å². The first-order valence-electron chi connectivity index (χ1n) is 12.5. The van der Waals surface area contributed by atoms with Crippen LogP contribution in [0.2, 0.25) is 0 Å². The maximum atomic E-state index is 9.02. The Kier molecular flexibility index (Phi) is 23.8. The van der Waals surface area contributed by atoms with Gasteiger partial charge in [-0.1, -0.05) is 69.9 Å². The van der Waals surface area contributed by atoms with E-state index in [9.17, 15) is 0 Å². The van der Waals surface area contributed by atoms with Crippen LogP contribution < -0.4 is 0 Å². The lowest BCUT2D eigenvalue weighted by Crippen LogP contribution is -1.85. The molecule has 0 unspecified atom stereocenters. The van der Waals surface area contributed by atoms with Gasteiger partial charge in [-0.3, -0.25) is 10.5 Å². The quantitative estimate of drug-likeness (QED) is 0.0929. The topological polar surface area (TPSA) is 60.7 Å². The van der Waals surface area contributed by atoms with E-state index in [1.54, 1.807) is 0 Å². The Hall–Kier alpha value is -1.68. The third-order valence-electron chi connectivity index (χ3n) is 5.59. The smallest absolute Gasteiger partial charge is 0.0639 e. The molecule has 33 heavy (non-hydrogen) atoms. The van der Waals surface area contributed by atoms with Crippen LogP contribution >= 0.6 is 0 Å². The first kappa shape index (κ1) is 33.5. The molecule has 3 heteroatoms. The Bertz CT molecular complexity index is 669. The van der Waals surface area contributed by atoms with Crippen molar-refractivity contribution < 1.29 is 15.6 Å². The summed E-state index contributed by atoms with van der Waals surface area (Å²) in [5.41, 5.74) is 8.47. The first-order valence-corrected chi connectivity index (χ1v) is 12.5. The highest BCUT2D eigenvalue weighted by molar-refractivity contribution is 5.08. The number of aliphatic hydroxyl groups is 1. The summed E-state index contributed by atoms with van der Waals surface area (Å²) in [7, 11) is 0. The van der Waals surface area contributed by atoms with Gasteiger partial charge in [0, 0.05) is 0 Å². The number of aliphatic hydroxyl groups excluding tert-OH is 1. The summed E-state index contributed by atoms with van der Waals surface area (Å²) in [6.07, 6.45) is 25.5. The molecule has 0 aromatic rings. The van der Waals surface area contributed by atoms with E-state index in [4.69, 9.17) is 15.6 Å². The van der Waals surface area contributed by atoms with Crippen LogP contribution in [-0.4, -0.2) is 22.2 Å². The van der Waals surface area contributed by atoms with E-state index in [0.29, 0.717) is 0 Å². The molecule has 190 valence electrons. The van der Waals surface area contributed by atoms with Crippen LogP contribution in [0.3, 0.4) is 0 Å². The van der Waals surface area contributed by atoms with Crippen molar-refractivity contribution in [3.63, 3.8) is 0 Å². The summed E-state index contributed by atoms with van der Waals surface area (Å²) in [5.74, 6) is 0. The van der Waals surface area contributed by atoms with E-state index >= 15 is 0 Å². The van der Waals surface area contributed by atoms with Gasteiger partial charge in [0.25, 0.3) is 0 Å². The lowest BCUT2D eigenvalue weighted by atomic mass is 10.0. The van der Waals surface area contributed by atoms with Crippen molar-refractivity contribution in [2.75, 3.05) is 6.61 Å². The van der Waals surface area contributed by atoms with E-state index in [1.807, 2.05) is 6.92 Å². The molecule has 0 saturated carbocycles. The van der Waals surface area contributed by atoms with E-state index < -0.39 is 0 Å². The van der Waals surface area contributed by atoms with Gasteiger partial charge in [-0.05, 0) is 113 Å². The average Bonchev–Trinajstić information content (AvgIpc) is 2.77. The lowest BCUT2D eigenvalue weighted by Gasteiger charge is -2.03. The normalized spacial score (nSPS) is 13.6. The van der Waals surface area contributed by atoms with Crippen LogP contribution in [-0.2, 0) is 0 Å². The Morgan fingerprint density at radius 3 is 1.00 bits per heavy atom. The highest BCUT2D eigenvalue weighted by atomic mass is 17.0. The molecule has 3 nitrogen and oxygen atoms in total. The highest BCUT2D eigenvalue weighted by Gasteiger charge is 1.94. The number of rotatable bonds is 16. The van der Waals surface area contributed by atoms with Crippen molar-refractivity contribution in [2.24, 2.45) is 0 Å². The molecule has 0 aliphatic carbocycles. The van der Waals surface area contributed by atoms with Crippen LogP contribution in [0.25, 0.3) is 0 Å². The zero-order valence-electron chi connectivity index (χ0n) is 22.6. The minimum atomic E-state index is 0.176. The van der Waals surface area contributed by atoms with Crippen molar-refractivity contribution >= 4 is 0 Å². The second-order valence-electron chi connectivity index (χ2n) is 9.42. The van der Waals surface area contributed by atoms with Crippen molar-refractivity contribution in [1.29, 1.82) is 0 Å². The maximum absolute atomic E-state index is 9.02. The van der Waals surface area contributed by atoms with Gasteiger partial charge < -0.3 is 5.11 Å². The van der Waals surface area contributed by atoms with Crippen LogP contribution in [0.15, 0.2) is 69.9 Å². The van der Waals surface area contributed by atoms with Gasteiger partial charge in [0.15, 0.2) is 0 Å². The molecule has 0 aliphatic heterocycles. The Balaban J connectivity index is 0. The Labute approximate surface area is 205 Å². The third-order valence-corrected chi connectivity index (χ3v) is 5.59. The molecule has 0 aliphatic rings. The molecule has 0 spiro atoms. The molecule has 0 aromatic heterocycles. The fourth-order valence-electron chi connectivity index (χ4n) is 3.36. The number of allylic oxidation sites excluding steroid dienone is 11. The van der Waals surface area contributed by atoms with Crippen LogP contribution in [0.5, 0.6) is 0 Å². The predicted octanol–water partition coefficient (Wildman–Crippen LogP) is 9.59. The van der Waals surface area contributed by atoms with Crippen LogP contribution in [0.1, 0.15) is 113 Å². The Morgan fingerprint density at radius 1 is 0.424 bits per heavy atom. The fraction of sp³-hybridized carbons (Fsp3) is 0.600. The molecular weight excluding hydrogens is 408 g/mol. The largest absolute Gasteiger partial charge is 0.392 e. The molecule has 0 aromatic carbocycles. The fourth-order valence-corrected chi connectivity index (χ4v) is 3.36. The molecule has 0 rings (SSSR count). The summed E-state index contributed by atoms with van der Waals surface area (Å²) in [6.45, 7) is 15.5. The summed E-state index contributed by atoms with van der Waals surface area (Å²) >= 11 is 0. The van der Waals surface area contributed by atoms with Gasteiger partial charge in [0.2, 0.25) is 0 Å². The second kappa shape index (κ2) is 23.5. The van der Waals surface area contributed by atoms with E-state index in [0.717, 1.165) is 44.1 Å². The monoisotopic (exact) mass is 460 g/mol. The van der Waals surface area contributed by atoms with Crippen molar-refractivity contribution in [2.45, 2.75) is 113 Å². The molecule has 0 amide bonds. The maximum Gasteiger partial charge on any atom is 0.0639 e. The summed E-state index contributed by atoms with van der Waals surface area (Å²) < 4.78 is 0. The molecule has 0 radical (unpaired) electrons. The number of unbranched alkanes of at least 4 members (excludes halogenated alkanes) is 1. The minimum Gasteiger partial charge on any atom is -0.392 e. The zero-order chi connectivity index (χ0) is 25.5. The lowest BCUT2D eigenvalue weighted by molar-refractivity contribution is -0.176. The number of hydrogen-bond acceptors (Lipinski definition) is 3. The van der Waals surface area contributed by atoms with Gasteiger partial charge >= 0.3 is 0 Å². The standard InChI is InChI=1S/C30H50O.H2O2/c1-25(2)14-10-17-28(5)20-11-18-26(3)15-8-9-16-27(4)19-12-21-29(6)22-13-23-30(7)24-31;1-2/h14-16,20-21,23,31H,8-13,17-19,22,24H2,1-7H3;1-2H/b26-15+,27-16+,28-20+,29-21+,30-23?;. The van der Waals surface area contributed by atoms with Crippen LogP contribution in [0, 0.1) is 0 Å². The summed E-state index contributed by atoms with van der Waals surface area (Å²) in [4.78, 5) is 0. The SMILES string of the molecule is CC(C)=CCC/C(C)=C/CC/C(C)=C/CC/C=C(\C)CC/C=C(\C)CCC=C(C)CO.OO. The Morgan fingerprint density at radius 2 is 0.697 bits per heavy atom. The molecule has 0 heterocycles. The molecule has 3 N–H and O–H groups in total. The van der Waals surface area contributed by atoms with Gasteiger partial charge in [-0.2, -0.15) is 0 Å². The first-order chi connectivity index (χ1) is 15.7. The van der Waals surface area contributed by atoms with E-state index in [1.165, 1.54) is 53.5 Å². The molecule has 0 atom stereocenters. The van der Waals surface area contributed by atoms with Crippen molar-refractivity contribution in [3.8, 4) is 0 Å². The minimum absolute atomic E-state index is 0.176. The van der Waals surface area contributed by atoms with Crippen molar-refractivity contribution in [1.82, 2.24) is 0 Å². The molecule has 0 saturated heterocycles. The number of hydrogen-bond donors (Lipinski definition) is 3. The second-order valence-corrected chi connectivity index (χ2v) is 9.42. The third kappa shape index (κ3) is 24.8. The highest BCUT2D eigenvalue weighted by Crippen LogP contribution is 2.14. The van der Waals surface area contributed by atoms with Gasteiger partial charge in [-0.15, -0.1) is 0 Å². The van der Waals surface area contributed by atoms with Gasteiger partial charge in [0.05, 0.1) is 6.61 Å². The zero-order valence-corrected chi connectivity index (χ0v) is 22.6. The van der Waals surface area contributed by atoms with Crippen molar-refractivity contribution in [3.05, 3.63) is 69.9 Å². The van der Waals surface area contributed by atoms with E-state index in [2.05, 4.69) is 78.0 Å². The molecule has 0 fully saturated rings. The molecular formula is C30H52O3. The predicted molar refractivity (Wildman–Crippen MR) is 147 cm³/mol. The summed E-state index contributed by atoms with van der Waals surface area (Å²) in [5, 5.41) is 21.0. The van der Waals surface area contributed by atoms with Gasteiger partial charge in [0.1, 0.15) is 0 Å². The van der Waals surface area contributed by atoms with Crippen LogP contribution in [0.4, 0.5) is 0 Å². The summed E-state index contributed by atoms with van der Waals surface area (Å²) in [6, 6.07) is 0. The van der Waals surface area contributed by atoms with Gasteiger partial charge in [-0.25, -0.2) is 0 Å².